The minimum Gasteiger partial charge on any atom is -0.399 e. The summed E-state index contributed by atoms with van der Waals surface area (Å²) in [6.45, 7) is 3.96. The average Bonchev–Trinajstić information content (AvgIpc) is 2.93. The molecule has 0 bridgehead atoms. The number of aryl methyl sites for hydroxylation is 1. The molecule has 1 aromatic carbocycles. The summed E-state index contributed by atoms with van der Waals surface area (Å²) in [5.74, 6) is -0.116. The molecule has 22 heavy (non-hydrogen) atoms. The summed E-state index contributed by atoms with van der Waals surface area (Å²) in [5.41, 5.74) is 14.8. The van der Waals surface area contributed by atoms with Crippen LogP contribution in [-0.2, 0) is 11.2 Å². The van der Waals surface area contributed by atoms with Crippen LogP contribution in [0.3, 0.4) is 0 Å². The van der Waals surface area contributed by atoms with Crippen molar-refractivity contribution in [1.29, 1.82) is 0 Å². The zero-order chi connectivity index (χ0) is 16.1. The lowest BCUT2D eigenvalue weighted by Crippen LogP contribution is -2.42. The first-order valence-corrected chi connectivity index (χ1v) is 8.34. The SMILES string of the molecule is CCC(N)C(=O)NC(Cc1ccccc1N)c1sccc1C. The van der Waals surface area contributed by atoms with Gasteiger partial charge < -0.3 is 16.8 Å². The Morgan fingerprint density at radius 2 is 2.05 bits per heavy atom. The van der Waals surface area contributed by atoms with E-state index < -0.39 is 6.04 Å². The number of hydrogen-bond donors (Lipinski definition) is 3. The Morgan fingerprint density at radius 1 is 1.32 bits per heavy atom. The Labute approximate surface area is 135 Å². The fourth-order valence-corrected chi connectivity index (χ4v) is 3.33. The van der Waals surface area contributed by atoms with Crippen LogP contribution in [0.1, 0.15) is 35.4 Å². The van der Waals surface area contributed by atoms with Crippen LogP contribution in [0.5, 0.6) is 0 Å². The average molecular weight is 317 g/mol. The van der Waals surface area contributed by atoms with E-state index in [4.69, 9.17) is 11.5 Å². The van der Waals surface area contributed by atoms with E-state index in [1.165, 1.54) is 5.56 Å². The molecular weight excluding hydrogens is 294 g/mol. The molecule has 2 atom stereocenters. The largest absolute Gasteiger partial charge is 0.399 e. The van der Waals surface area contributed by atoms with Crippen LogP contribution in [0.25, 0.3) is 0 Å². The molecule has 1 amide bonds. The zero-order valence-electron chi connectivity index (χ0n) is 13.0. The molecular formula is C17H23N3OS. The molecule has 1 aromatic heterocycles. The molecule has 0 spiro atoms. The zero-order valence-corrected chi connectivity index (χ0v) is 13.8. The van der Waals surface area contributed by atoms with Crippen molar-refractivity contribution in [3.05, 3.63) is 51.7 Å². The van der Waals surface area contributed by atoms with Gasteiger partial charge in [-0.3, -0.25) is 4.79 Å². The summed E-state index contributed by atoms with van der Waals surface area (Å²) in [6, 6.07) is 9.24. The van der Waals surface area contributed by atoms with Gasteiger partial charge in [0.05, 0.1) is 12.1 Å². The van der Waals surface area contributed by atoms with Gasteiger partial charge in [0.1, 0.15) is 0 Å². The molecule has 118 valence electrons. The third-order valence-corrected chi connectivity index (χ3v) is 4.92. The Balaban J connectivity index is 2.25. The van der Waals surface area contributed by atoms with Crippen molar-refractivity contribution < 1.29 is 4.79 Å². The number of rotatable bonds is 6. The third kappa shape index (κ3) is 3.87. The highest BCUT2D eigenvalue weighted by Gasteiger charge is 2.21. The number of nitrogens with two attached hydrogens (primary N) is 2. The van der Waals surface area contributed by atoms with Gasteiger partial charge in [0, 0.05) is 10.6 Å². The number of carbonyl (C=O) groups excluding carboxylic acids is 1. The number of nitrogens with one attached hydrogen (secondary N) is 1. The Kier molecular flexibility index (Phi) is 5.57. The molecule has 0 aliphatic carbocycles. The third-order valence-electron chi connectivity index (χ3n) is 3.79. The van der Waals surface area contributed by atoms with Crippen molar-refractivity contribution in [2.24, 2.45) is 5.73 Å². The summed E-state index contributed by atoms with van der Waals surface area (Å²) in [7, 11) is 0. The predicted molar refractivity (Wildman–Crippen MR) is 92.8 cm³/mol. The summed E-state index contributed by atoms with van der Waals surface area (Å²) < 4.78 is 0. The maximum absolute atomic E-state index is 12.2. The van der Waals surface area contributed by atoms with Crippen LogP contribution in [-0.4, -0.2) is 11.9 Å². The van der Waals surface area contributed by atoms with Gasteiger partial charge in [-0.05, 0) is 48.4 Å². The second-order valence-corrected chi connectivity index (χ2v) is 6.39. The van der Waals surface area contributed by atoms with Crippen LogP contribution in [0.15, 0.2) is 35.7 Å². The van der Waals surface area contributed by atoms with Gasteiger partial charge in [-0.25, -0.2) is 0 Å². The monoisotopic (exact) mass is 317 g/mol. The summed E-state index contributed by atoms with van der Waals surface area (Å²) in [6.07, 6.45) is 1.28. The van der Waals surface area contributed by atoms with Crippen molar-refractivity contribution in [2.75, 3.05) is 5.73 Å². The molecule has 5 heteroatoms. The van der Waals surface area contributed by atoms with Gasteiger partial charge in [-0.2, -0.15) is 0 Å². The number of hydrogen-bond acceptors (Lipinski definition) is 4. The minimum absolute atomic E-state index is 0.102. The first kappa shape index (κ1) is 16.5. The topological polar surface area (TPSA) is 81.1 Å². The van der Waals surface area contributed by atoms with Crippen LogP contribution >= 0.6 is 11.3 Å². The molecule has 4 nitrogen and oxygen atoms in total. The molecule has 0 aliphatic rings. The Bertz CT molecular complexity index is 638. The highest BCUT2D eigenvalue weighted by Crippen LogP contribution is 2.28. The van der Waals surface area contributed by atoms with E-state index >= 15 is 0 Å². The van der Waals surface area contributed by atoms with Crippen LogP contribution in [0.4, 0.5) is 5.69 Å². The number of nitrogen functional groups attached to an aromatic ring is 1. The molecule has 1 heterocycles. The first-order valence-electron chi connectivity index (χ1n) is 7.46. The van der Waals surface area contributed by atoms with Crippen molar-refractivity contribution >= 4 is 22.9 Å². The van der Waals surface area contributed by atoms with E-state index in [0.717, 1.165) is 16.1 Å². The van der Waals surface area contributed by atoms with Crippen LogP contribution in [0.2, 0.25) is 0 Å². The first-order chi connectivity index (χ1) is 10.5. The van der Waals surface area contributed by atoms with E-state index in [9.17, 15) is 4.79 Å². The highest BCUT2D eigenvalue weighted by atomic mass is 32.1. The number of carbonyl (C=O) groups is 1. The van der Waals surface area contributed by atoms with E-state index in [1.807, 2.05) is 36.6 Å². The van der Waals surface area contributed by atoms with Gasteiger partial charge in [-0.15, -0.1) is 11.3 Å². The molecule has 2 aromatic rings. The molecule has 0 aliphatic heterocycles. The molecule has 0 fully saturated rings. The lowest BCUT2D eigenvalue weighted by molar-refractivity contribution is -0.123. The van der Waals surface area contributed by atoms with Crippen molar-refractivity contribution in [3.8, 4) is 0 Å². The molecule has 5 N–H and O–H groups in total. The standard InChI is InChI=1S/C17H23N3OS/c1-3-13(18)17(21)20-15(16-11(2)8-9-22-16)10-12-6-4-5-7-14(12)19/h4-9,13,15H,3,10,18-19H2,1-2H3,(H,20,21). The van der Waals surface area contributed by atoms with Gasteiger partial charge >= 0.3 is 0 Å². The van der Waals surface area contributed by atoms with E-state index in [0.29, 0.717) is 12.8 Å². The fraction of sp³-hybridized carbons (Fsp3) is 0.353. The van der Waals surface area contributed by atoms with Gasteiger partial charge in [0.25, 0.3) is 0 Å². The lowest BCUT2D eigenvalue weighted by atomic mass is 10.0. The quantitative estimate of drug-likeness (QED) is 0.717. The van der Waals surface area contributed by atoms with Gasteiger partial charge in [0.15, 0.2) is 0 Å². The van der Waals surface area contributed by atoms with Gasteiger partial charge in [-0.1, -0.05) is 25.1 Å². The summed E-state index contributed by atoms with van der Waals surface area (Å²) >= 11 is 1.65. The van der Waals surface area contributed by atoms with Crippen molar-refractivity contribution in [2.45, 2.75) is 38.8 Å². The minimum atomic E-state index is -0.476. The second kappa shape index (κ2) is 7.42. The van der Waals surface area contributed by atoms with Crippen LogP contribution < -0.4 is 16.8 Å². The molecule has 2 rings (SSSR count). The number of anilines is 1. The van der Waals surface area contributed by atoms with E-state index in [2.05, 4.69) is 18.3 Å². The maximum atomic E-state index is 12.2. The second-order valence-electron chi connectivity index (χ2n) is 5.45. The molecule has 0 radical (unpaired) electrons. The smallest absolute Gasteiger partial charge is 0.237 e. The Hall–Kier alpha value is -1.85. The number of amides is 1. The highest BCUT2D eigenvalue weighted by molar-refractivity contribution is 7.10. The molecule has 2 unspecified atom stereocenters. The molecule has 0 saturated carbocycles. The van der Waals surface area contributed by atoms with E-state index in [-0.39, 0.29) is 11.9 Å². The number of thiophene rings is 1. The molecule has 0 saturated heterocycles. The maximum Gasteiger partial charge on any atom is 0.237 e. The Morgan fingerprint density at radius 3 is 2.64 bits per heavy atom. The summed E-state index contributed by atoms with van der Waals surface area (Å²) in [4.78, 5) is 13.4. The van der Waals surface area contributed by atoms with Gasteiger partial charge in [0.2, 0.25) is 5.91 Å². The van der Waals surface area contributed by atoms with E-state index in [1.54, 1.807) is 11.3 Å². The lowest BCUT2D eigenvalue weighted by Gasteiger charge is -2.21. The normalized spacial score (nSPS) is 13.6. The van der Waals surface area contributed by atoms with Crippen LogP contribution in [0, 0.1) is 6.92 Å². The predicted octanol–water partition coefficient (Wildman–Crippen LogP) is 2.78. The number of benzene rings is 1. The van der Waals surface area contributed by atoms with Crippen molar-refractivity contribution in [1.82, 2.24) is 5.32 Å². The number of para-hydroxylation sites is 1. The van der Waals surface area contributed by atoms with Crippen molar-refractivity contribution in [3.63, 3.8) is 0 Å². The summed E-state index contributed by atoms with van der Waals surface area (Å²) in [5, 5.41) is 5.12. The fourth-order valence-electron chi connectivity index (χ4n) is 2.35.